The SMILES string of the molecule is CCCCCCCCC(O)CCN1CCN(C2c3ccccc3CCc3ccccc32)CC1. The van der Waals surface area contributed by atoms with Crippen LogP contribution in [-0.4, -0.2) is 53.7 Å². The first kappa shape index (κ1) is 24.4. The number of nitrogens with zero attached hydrogens (tertiary/aromatic N) is 2. The van der Waals surface area contributed by atoms with Crippen molar-refractivity contribution >= 4 is 0 Å². The van der Waals surface area contributed by atoms with Gasteiger partial charge in [0.25, 0.3) is 0 Å². The van der Waals surface area contributed by atoms with Gasteiger partial charge < -0.3 is 10.0 Å². The van der Waals surface area contributed by atoms with Gasteiger partial charge >= 0.3 is 0 Å². The Morgan fingerprint density at radius 1 is 0.758 bits per heavy atom. The standard InChI is InChI=1S/C30H44N2O/c1-2-3-4-5-6-7-14-27(33)19-20-31-21-23-32(24-22-31)30-28-15-10-8-12-25(28)17-18-26-13-9-11-16-29(26)30/h8-13,15-16,27,30,33H,2-7,14,17-24H2,1H3. The van der Waals surface area contributed by atoms with E-state index in [0.29, 0.717) is 6.04 Å². The lowest BCUT2D eigenvalue weighted by atomic mass is 9.92. The van der Waals surface area contributed by atoms with Crippen molar-refractivity contribution in [1.82, 2.24) is 9.80 Å². The quantitative estimate of drug-likeness (QED) is 0.428. The summed E-state index contributed by atoms with van der Waals surface area (Å²) in [4.78, 5) is 5.27. The van der Waals surface area contributed by atoms with Crippen LogP contribution in [-0.2, 0) is 12.8 Å². The molecule has 4 rings (SSSR count). The maximum Gasteiger partial charge on any atom is 0.0608 e. The highest BCUT2D eigenvalue weighted by Gasteiger charge is 2.30. The smallest absolute Gasteiger partial charge is 0.0608 e. The molecule has 2 aromatic rings. The van der Waals surface area contributed by atoms with Crippen molar-refractivity contribution in [2.24, 2.45) is 0 Å². The Balaban J connectivity index is 1.28. The van der Waals surface area contributed by atoms with Crippen LogP contribution in [0.5, 0.6) is 0 Å². The molecule has 0 spiro atoms. The molecule has 0 saturated carbocycles. The molecule has 0 aromatic heterocycles. The van der Waals surface area contributed by atoms with Gasteiger partial charge in [0.2, 0.25) is 0 Å². The third kappa shape index (κ3) is 6.68. The number of hydrogen-bond acceptors (Lipinski definition) is 3. The van der Waals surface area contributed by atoms with E-state index < -0.39 is 0 Å². The molecule has 1 heterocycles. The second-order valence-electron chi connectivity index (χ2n) is 10.2. The van der Waals surface area contributed by atoms with Gasteiger partial charge in [-0.05, 0) is 47.9 Å². The van der Waals surface area contributed by atoms with Crippen LogP contribution in [0, 0.1) is 0 Å². The zero-order valence-corrected chi connectivity index (χ0v) is 20.7. The molecule has 33 heavy (non-hydrogen) atoms. The van der Waals surface area contributed by atoms with Gasteiger partial charge in [0.15, 0.2) is 0 Å². The molecule has 1 N–H and O–H groups in total. The van der Waals surface area contributed by atoms with Crippen LogP contribution >= 0.6 is 0 Å². The molecule has 2 aromatic carbocycles. The van der Waals surface area contributed by atoms with Crippen molar-refractivity contribution in [1.29, 1.82) is 0 Å². The first-order chi connectivity index (χ1) is 16.3. The van der Waals surface area contributed by atoms with Gasteiger partial charge in [-0.25, -0.2) is 0 Å². The van der Waals surface area contributed by atoms with E-state index >= 15 is 0 Å². The molecular formula is C30H44N2O. The number of piperazine rings is 1. The van der Waals surface area contributed by atoms with Crippen molar-refractivity contribution in [3.05, 3.63) is 70.8 Å². The van der Waals surface area contributed by atoms with E-state index in [1.807, 2.05) is 0 Å². The fourth-order valence-corrected chi connectivity index (χ4v) is 5.77. The fraction of sp³-hybridized carbons (Fsp3) is 0.600. The summed E-state index contributed by atoms with van der Waals surface area (Å²) >= 11 is 0. The summed E-state index contributed by atoms with van der Waals surface area (Å²) in [6, 6.07) is 18.6. The van der Waals surface area contributed by atoms with Crippen LogP contribution in [0.2, 0.25) is 0 Å². The second-order valence-corrected chi connectivity index (χ2v) is 10.2. The lowest BCUT2D eigenvalue weighted by Gasteiger charge is -2.40. The first-order valence-electron chi connectivity index (χ1n) is 13.6. The van der Waals surface area contributed by atoms with E-state index in [1.54, 1.807) is 0 Å². The minimum atomic E-state index is -0.130. The Kier molecular flexibility index (Phi) is 9.40. The maximum absolute atomic E-state index is 10.5. The third-order valence-electron chi connectivity index (χ3n) is 7.80. The van der Waals surface area contributed by atoms with E-state index in [4.69, 9.17) is 0 Å². The second kappa shape index (κ2) is 12.7. The van der Waals surface area contributed by atoms with Crippen LogP contribution < -0.4 is 0 Å². The normalized spacial score (nSPS) is 18.5. The molecule has 0 radical (unpaired) electrons. The van der Waals surface area contributed by atoms with Crippen LogP contribution in [0.3, 0.4) is 0 Å². The Morgan fingerprint density at radius 2 is 1.33 bits per heavy atom. The van der Waals surface area contributed by atoms with E-state index in [1.165, 1.54) is 60.8 Å². The van der Waals surface area contributed by atoms with Crippen LogP contribution in [0.15, 0.2) is 48.5 Å². The molecule has 1 saturated heterocycles. The first-order valence-corrected chi connectivity index (χ1v) is 13.6. The summed E-state index contributed by atoms with van der Waals surface area (Å²) in [5.74, 6) is 0. The number of hydrogen-bond donors (Lipinski definition) is 1. The molecule has 1 aliphatic carbocycles. The van der Waals surface area contributed by atoms with E-state index in [9.17, 15) is 5.11 Å². The van der Waals surface area contributed by atoms with E-state index in [-0.39, 0.29) is 6.10 Å². The van der Waals surface area contributed by atoms with Gasteiger partial charge in [-0.15, -0.1) is 0 Å². The van der Waals surface area contributed by atoms with Gasteiger partial charge in [0.1, 0.15) is 0 Å². The largest absolute Gasteiger partial charge is 0.393 e. The average molecular weight is 449 g/mol. The molecule has 1 unspecified atom stereocenters. The summed E-state index contributed by atoms with van der Waals surface area (Å²) in [6.45, 7) is 7.69. The molecule has 0 bridgehead atoms. The van der Waals surface area contributed by atoms with E-state index in [2.05, 4.69) is 65.3 Å². The zero-order valence-electron chi connectivity index (χ0n) is 20.7. The number of aryl methyl sites for hydroxylation is 2. The van der Waals surface area contributed by atoms with Gasteiger partial charge in [-0.2, -0.15) is 0 Å². The van der Waals surface area contributed by atoms with Crippen LogP contribution in [0.4, 0.5) is 0 Å². The van der Waals surface area contributed by atoms with Crippen molar-refractivity contribution in [2.75, 3.05) is 32.7 Å². The summed E-state index contributed by atoms with van der Waals surface area (Å²) in [5, 5.41) is 10.5. The Hall–Kier alpha value is -1.68. The lowest BCUT2D eigenvalue weighted by Crippen LogP contribution is -2.48. The molecule has 2 aliphatic rings. The highest BCUT2D eigenvalue weighted by Crippen LogP contribution is 2.37. The van der Waals surface area contributed by atoms with Crippen LogP contribution in [0.25, 0.3) is 0 Å². The van der Waals surface area contributed by atoms with Crippen molar-refractivity contribution in [3.8, 4) is 0 Å². The number of rotatable bonds is 11. The van der Waals surface area contributed by atoms with Gasteiger partial charge in [-0.3, -0.25) is 4.90 Å². The lowest BCUT2D eigenvalue weighted by molar-refractivity contribution is 0.0853. The molecule has 3 nitrogen and oxygen atoms in total. The number of unbranched alkanes of at least 4 members (excludes halogenated alkanes) is 5. The summed E-state index contributed by atoms with van der Waals surface area (Å²) in [6.07, 6.45) is 11.8. The number of benzene rings is 2. The Morgan fingerprint density at radius 3 is 1.97 bits per heavy atom. The van der Waals surface area contributed by atoms with Crippen LogP contribution in [0.1, 0.15) is 86.6 Å². The van der Waals surface area contributed by atoms with Gasteiger partial charge in [-0.1, -0.05) is 94.0 Å². The molecule has 1 atom stereocenters. The fourth-order valence-electron chi connectivity index (χ4n) is 5.77. The number of aliphatic hydroxyl groups excluding tert-OH is 1. The maximum atomic E-state index is 10.5. The minimum Gasteiger partial charge on any atom is -0.393 e. The molecule has 180 valence electrons. The predicted octanol–water partition coefficient (Wildman–Crippen LogP) is 5.99. The third-order valence-corrected chi connectivity index (χ3v) is 7.80. The van der Waals surface area contributed by atoms with Crippen molar-refractivity contribution < 1.29 is 5.11 Å². The average Bonchev–Trinajstić information content (AvgIpc) is 3.02. The van der Waals surface area contributed by atoms with Gasteiger partial charge in [0.05, 0.1) is 12.1 Å². The summed E-state index contributed by atoms with van der Waals surface area (Å²) < 4.78 is 0. The molecular weight excluding hydrogens is 404 g/mol. The van der Waals surface area contributed by atoms with Gasteiger partial charge in [0, 0.05) is 32.7 Å². The van der Waals surface area contributed by atoms with E-state index in [0.717, 1.165) is 58.4 Å². The van der Waals surface area contributed by atoms with Crippen molar-refractivity contribution in [2.45, 2.75) is 83.3 Å². The molecule has 1 aliphatic heterocycles. The Bertz CT molecular complexity index is 795. The highest BCUT2D eigenvalue weighted by molar-refractivity contribution is 5.44. The number of fused-ring (bicyclic) bond motifs is 2. The molecule has 3 heteroatoms. The Labute approximate surface area is 201 Å². The topological polar surface area (TPSA) is 26.7 Å². The summed E-state index contributed by atoms with van der Waals surface area (Å²) in [5.41, 5.74) is 6.04. The summed E-state index contributed by atoms with van der Waals surface area (Å²) in [7, 11) is 0. The molecule has 1 fully saturated rings. The monoisotopic (exact) mass is 448 g/mol. The predicted molar refractivity (Wildman–Crippen MR) is 139 cm³/mol. The highest BCUT2D eigenvalue weighted by atomic mass is 16.3. The van der Waals surface area contributed by atoms with Crippen molar-refractivity contribution in [3.63, 3.8) is 0 Å². The number of aliphatic hydroxyl groups is 1. The minimum absolute atomic E-state index is 0.130. The zero-order chi connectivity index (χ0) is 22.9. The molecule has 0 amide bonds.